The van der Waals surface area contributed by atoms with E-state index in [1.54, 1.807) is 25.4 Å². The number of anilines is 2. The predicted octanol–water partition coefficient (Wildman–Crippen LogP) is 4.92. The molecular formula is C38H35BF2N6NaO4S2. The Kier molecular flexibility index (Phi) is 12.8. The Labute approximate surface area is 343 Å². The van der Waals surface area contributed by atoms with Gasteiger partial charge in [-0.15, -0.1) is 0 Å². The molecule has 3 radical (unpaired) electrons. The summed E-state index contributed by atoms with van der Waals surface area (Å²) < 4.78 is 27.9. The fraction of sp³-hybridized carbons (Fsp3) is 0.289. The number of nitrogens with zero attached hydrogens (tertiary/aromatic N) is 4. The number of alkyl halides is 2. The number of ketones is 1. The summed E-state index contributed by atoms with van der Waals surface area (Å²) in [4.78, 5) is 52.6. The summed E-state index contributed by atoms with van der Waals surface area (Å²) in [5.41, 5.74) is 8.37. The first-order valence-electron chi connectivity index (χ1n) is 16.7. The van der Waals surface area contributed by atoms with Crippen LogP contribution in [0, 0.1) is 25.7 Å². The molecule has 4 heterocycles. The van der Waals surface area contributed by atoms with Crippen molar-refractivity contribution in [3.05, 3.63) is 83.4 Å². The van der Waals surface area contributed by atoms with Crippen molar-refractivity contribution in [2.75, 3.05) is 10.6 Å². The van der Waals surface area contributed by atoms with Gasteiger partial charge in [-0.2, -0.15) is 0 Å². The Balaban J connectivity index is 0.000000232. The van der Waals surface area contributed by atoms with Gasteiger partial charge in [0.25, 0.3) is 0 Å². The number of carbonyl (C=O) groups excluding carboxylic acids is 3. The summed E-state index contributed by atoms with van der Waals surface area (Å²) in [5.74, 6) is -1.74. The number of carbonyl (C=O) groups is 3. The molecule has 2 aromatic carbocycles. The number of amides is 2. The number of halogens is 2. The fourth-order valence-corrected chi connectivity index (χ4v) is 7.42. The second kappa shape index (κ2) is 16.8. The number of hydrogen-bond donors (Lipinski definition) is 3. The zero-order chi connectivity index (χ0) is 36.8. The SMILES string of the molecule is CC(=O)c1cc(C)c(-c2ccc3sc(NC(=O)[C@@H]4C[C@@H]4F)nc3c2)cn1.Cc1cc(C(C)O)ncc1-c1ccc2sc(NC(=O)[C@@H]3C[C@@H]3F)nc2c1.[B].[H-].[Na+]. The minimum absolute atomic E-state index is 0. The molecule has 0 bridgehead atoms. The van der Waals surface area contributed by atoms with Gasteiger partial charge in [0.2, 0.25) is 11.8 Å². The van der Waals surface area contributed by atoms with Crippen LogP contribution in [0.5, 0.6) is 0 Å². The van der Waals surface area contributed by atoms with E-state index < -0.39 is 30.3 Å². The van der Waals surface area contributed by atoms with E-state index in [1.807, 2.05) is 56.3 Å². The molecule has 2 amide bonds. The van der Waals surface area contributed by atoms with Crippen LogP contribution in [0.15, 0.2) is 60.9 Å². The van der Waals surface area contributed by atoms with E-state index in [2.05, 4.69) is 30.6 Å². The number of benzene rings is 2. The predicted molar refractivity (Wildman–Crippen MR) is 206 cm³/mol. The van der Waals surface area contributed by atoms with Gasteiger partial charge in [0.15, 0.2) is 16.0 Å². The second-order valence-electron chi connectivity index (χ2n) is 13.1. The summed E-state index contributed by atoms with van der Waals surface area (Å²) in [7, 11) is 0. The molecular weight excluding hydrogens is 740 g/mol. The Bertz CT molecular complexity index is 2400. The third-order valence-electron chi connectivity index (χ3n) is 8.99. The first-order chi connectivity index (χ1) is 24.8. The van der Waals surface area contributed by atoms with Crippen LogP contribution in [0.4, 0.5) is 19.0 Å². The molecule has 2 aliphatic rings. The van der Waals surface area contributed by atoms with Crippen LogP contribution in [0.25, 0.3) is 42.7 Å². The van der Waals surface area contributed by atoms with Gasteiger partial charge in [-0.1, -0.05) is 34.8 Å². The number of nitrogens with one attached hydrogen (secondary N) is 2. The Morgan fingerprint density at radius 1 is 0.796 bits per heavy atom. The van der Waals surface area contributed by atoms with Crippen molar-refractivity contribution in [2.24, 2.45) is 11.8 Å². The molecule has 2 aliphatic carbocycles. The van der Waals surface area contributed by atoms with Crippen LogP contribution in [0.3, 0.4) is 0 Å². The largest absolute Gasteiger partial charge is 1.00 e. The molecule has 1 unspecified atom stereocenters. The maximum absolute atomic E-state index is 13.0. The maximum Gasteiger partial charge on any atom is 1.00 e. The van der Waals surface area contributed by atoms with Gasteiger partial charge in [0.1, 0.15) is 18.0 Å². The quantitative estimate of drug-likeness (QED) is 0.146. The molecule has 0 spiro atoms. The van der Waals surface area contributed by atoms with Crippen molar-refractivity contribution < 1.29 is 59.3 Å². The topological polar surface area (TPSA) is 147 Å². The number of fused-ring (bicyclic) bond motifs is 2. The standard InChI is InChI=1S/C19H18FN3O2S.C19H16FN3O2S.B.Na.H/c2*1-9-5-15(10(2)24)21-8-13(9)11-3-4-17-16(6-11)22-19(26-17)23-18(25)12-7-14(12)20;;;/h3-6,8,10,12,14,24H,7H2,1-2H3,(H,22,23,25);3-6,8,12,14H,7H2,1-2H3,(H,22,23,25);;;/q;;;+1;-1/t10?,12-,14+;12-,14+;;;/m11.../s1. The van der Waals surface area contributed by atoms with Crippen LogP contribution in [-0.4, -0.2) is 63.4 Å². The average molecular weight is 776 g/mol. The average Bonchev–Trinajstić information content (AvgIpc) is 3.93. The Morgan fingerprint density at radius 3 is 1.63 bits per heavy atom. The molecule has 10 nitrogen and oxygen atoms in total. The summed E-state index contributed by atoms with van der Waals surface area (Å²) in [6, 6.07) is 15.4. The van der Waals surface area contributed by atoms with Gasteiger partial charge in [-0.3, -0.25) is 24.4 Å². The molecule has 2 saturated carbocycles. The molecule has 3 N–H and O–H groups in total. The summed E-state index contributed by atoms with van der Waals surface area (Å²) in [6.45, 7) is 7.09. The van der Waals surface area contributed by atoms with Crippen molar-refractivity contribution in [3.63, 3.8) is 0 Å². The van der Waals surface area contributed by atoms with Crippen LogP contribution in [0.2, 0.25) is 0 Å². The van der Waals surface area contributed by atoms with Crippen molar-refractivity contribution in [1.82, 2.24) is 19.9 Å². The zero-order valence-corrected chi connectivity index (χ0v) is 33.8. The van der Waals surface area contributed by atoms with E-state index in [9.17, 15) is 28.3 Å². The molecule has 54 heavy (non-hydrogen) atoms. The smallest absolute Gasteiger partial charge is 1.00 e. The third-order valence-corrected chi connectivity index (χ3v) is 10.9. The Morgan fingerprint density at radius 2 is 1.24 bits per heavy atom. The van der Waals surface area contributed by atoms with Crippen molar-refractivity contribution >= 4 is 79.4 Å². The first kappa shape index (κ1) is 41.2. The maximum atomic E-state index is 13.0. The van der Waals surface area contributed by atoms with E-state index in [4.69, 9.17) is 0 Å². The number of rotatable bonds is 8. The second-order valence-corrected chi connectivity index (χ2v) is 15.2. The fourth-order valence-electron chi connectivity index (χ4n) is 5.72. The van der Waals surface area contributed by atoms with Gasteiger partial charge in [-0.25, -0.2) is 18.7 Å². The normalized spacial score (nSPS) is 18.7. The number of aliphatic hydroxyl groups excluding tert-OH is 1. The first-order valence-corrected chi connectivity index (χ1v) is 18.3. The molecule has 16 heteroatoms. The number of hydrogen-bond acceptors (Lipinski definition) is 10. The van der Waals surface area contributed by atoms with E-state index >= 15 is 0 Å². The molecule has 6 aromatic rings. The van der Waals surface area contributed by atoms with Crippen molar-refractivity contribution in [1.29, 1.82) is 0 Å². The molecule has 271 valence electrons. The number of aryl methyl sites for hydroxylation is 2. The number of aromatic nitrogens is 4. The van der Waals surface area contributed by atoms with Crippen LogP contribution in [0.1, 0.15) is 61.5 Å². The molecule has 8 rings (SSSR count). The summed E-state index contributed by atoms with van der Waals surface area (Å²) >= 11 is 2.73. The van der Waals surface area contributed by atoms with Gasteiger partial charge >= 0.3 is 29.6 Å². The summed E-state index contributed by atoms with van der Waals surface area (Å²) in [5, 5.41) is 16.0. The molecule has 0 saturated heterocycles. The van der Waals surface area contributed by atoms with E-state index in [-0.39, 0.29) is 57.0 Å². The van der Waals surface area contributed by atoms with Crippen LogP contribution >= 0.6 is 22.7 Å². The van der Waals surface area contributed by atoms with Crippen molar-refractivity contribution in [3.8, 4) is 22.3 Å². The van der Waals surface area contributed by atoms with Crippen molar-refractivity contribution in [2.45, 2.75) is 59.0 Å². The number of Topliss-reactive ketones (excluding diaryl/α,β-unsaturated/α-hetero) is 1. The van der Waals surface area contributed by atoms with Gasteiger partial charge in [0.05, 0.1) is 44.1 Å². The van der Waals surface area contributed by atoms with Gasteiger partial charge in [0, 0.05) is 38.9 Å². The van der Waals surface area contributed by atoms with E-state index in [0.717, 1.165) is 53.8 Å². The number of pyridine rings is 2. The molecule has 2 fully saturated rings. The minimum Gasteiger partial charge on any atom is -1.00 e. The summed E-state index contributed by atoms with van der Waals surface area (Å²) in [6.07, 6.45) is 1.39. The van der Waals surface area contributed by atoms with Crippen LogP contribution in [-0.2, 0) is 9.59 Å². The Hall–Kier alpha value is -3.99. The van der Waals surface area contributed by atoms with Gasteiger partial charge in [-0.05, 0) is 92.3 Å². The molecule has 5 atom stereocenters. The van der Waals surface area contributed by atoms with Gasteiger partial charge < -0.3 is 17.2 Å². The third kappa shape index (κ3) is 9.10. The number of thiazole rings is 2. The van der Waals surface area contributed by atoms with E-state index in [1.165, 1.54) is 29.6 Å². The number of aliphatic hydroxyl groups is 1. The zero-order valence-electron chi connectivity index (χ0n) is 31.2. The molecule has 4 aromatic heterocycles. The monoisotopic (exact) mass is 775 g/mol. The van der Waals surface area contributed by atoms with E-state index in [0.29, 0.717) is 34.5 Å². The van der Waals surface area contributed by atoms with Crippen LogP contribution < -0.4 is 40.2 Å². The molecule has 0 aliphatic heterocycles. The minimum atomic E-state index is -1.02.